The van der Waals surface area contributed by atoms with Crippen molar-refractivity contribution in [1.82, 2.24) is 19.7 Å². The Morgan fingerprint density at radius 3 is 2.59 bits per heavy atom. The number of fused-ring (bicyclic) bond motifs is 1. The largest absolute Gasteiger partial charge is 0.386 e. The maximum absolute atomic E-state index is 10.2. The van der Waals surface area contributed by atoms with Gasteiger partial charge < -0.3 is 15.3 Å². The normalized spacial score (nSPS) is 16.0. The molecule has 3 aromatic rings. The van der Waals surface area contributed by atoms with Gasteiger partial charge in [0.2, 0.25) is 0 Å². The van der Waals surface area contributed by atoms with Crippen LogP contribution in [-0.4, -0.2) is 60.1 Å². The number of hydrogen-bond acceptors (Lipinski definition) is 5. The number of aliphatic hydroxyl groups is 1. The first kappa shape index (κ1) is 22.6. The Kier molecular flexibility index (Phi) is 6.45. The molecular weight excluding hydrogens is 396 g/mol. The number of anilines is 1. The van der Waals surface area contributed by atoms with Crippen LogP contribution < -0.4 is 5.32 Å². The number of piperidine rings is 1. The van der Waals surface area contributed by atoms with E-state index in [9.17, 15) is 5.11 Å². The molecule has 6 nitrogen and oxygen atoms in total. The first-order valence-electron chi connectivity index (χ1n) is 11.5. The molecule has 8 heteroatoms. The molecule has 0 spiro atoms. The third kappa shape index (κ3) is 5.25. The zero-order valence-corrected chi connectivity index (χ0v) is 19.7. The van der Waals surface area contributed by atoms with Crippen LogP contribution in [0.5, 0.6) is 0 Å². The van der Waals surface area contributed by atoms with Gasteiger partial charge in [0.15, 0.2) is 15.7 Å². The molecule has 0 aliphatic carbocycles. The Balaban J connectivity index is 1.46. The molecule has 2 aromatic heterocycles. The van der Waals surface area contributed by atoms with Gasteiger partial charge >= 0.3 is 0 Å². The summed E-state index contributed by atoms with van der Waals surface area (Å²) in [5.41, 5.74) is 2.06. The van der Waals surface area contributed by atoms with Crippen LogP contribution in [0.25, 0.3) is 21.9 Å². The molecule has 0 atom stereocenters. The van der Waals surface area contributed by atoms with Crippen molar-refractivity contribution < 1.29 is 5.11 Å². The summed E-state index contributed by atoms with van der Waals surface area (Å²) in [5, 5.41) is 20.1. The Hall–Kier alpha value is -2.57. The third-order valence-electron chi connectivity index (χ3n) is 6.19. The van der Waals surface area contributed by atoms with Crippen LogP contribution in [0.4, 0.5) is 5.82 Å². The number of allylic oxidation sites excluding steroid dienone is 1. The molecule has 1 fully saturated rings. The van der Waals surface area contributed by atoms with E-state index in [0.29, 0.717) is 11.8 Å². The van der Waals surface area contributed by atoms with E-state index in [1.165, 1.54) is 6.54 Å². The molecule has 0 radical (unpaired) electrons. The molecule has 0 amide bonds. The van der Waals surface area contributed by atoms with Gasteiger partial charge in [-0.3, -0.25) is 4.68 Å². The van der Waals surface area contributed by atoms with Crippen molar-refractivity contribution in [2.24, 2.45) is 11.8 Å². The second-order valence-corrected chi connectivity index (χ2v) is 9.92. The lowest BCUT2D eigenvalue weighted by atomic mass is 9.73. The van der Waals surface area contributed by atoms with E-state index in [1.807, 2.05) is 12.4 Å². The number of nitrogens with one attached hydrogen (secondary N) is 1. The van der Waals surface area contributed by atoms with Gasteiger partial charge in [0.05, 0.1) is 11.7 Å². The minimum absolute atomic E-state index is 0.481. The van der Waals surface area contributed by atoms with Crippen molar-refractivity contribution >= 4 is 32.3 Å². The van der Waals surface area contributed by atoms with E-state index < -0.39 is 5.52 Å². The summed E-state index contributed by atoms with van der Waals surface area (Å²) in [4.78, 5) is 7.16. The Morgan fingerprint density at radius 2 is 1.94 bits per heavy atom. The van der Waals surface area contributed by atoms with E-state index in [2.05, 4.69) is 65.0 Å². The lowest BCUT2D eigenvalue weighted by Crippen LogP contribution is -2.37. The molecule has 0 saturated carbocycles. The summed E-state index contributed by atoms with van der Waals surface area (Å²) >= 11 is 0. The van der Waals surface area contributed by atoms with Gasteiger partial charge in [0.25, 0.3) is 0 Å². The van der Waals surface area contributed by atoms with Gasteiger partial charge in [0, 0.05) is 41.5 Å². The third-order valence-corrected chi connectivity index (χ3v) is 6.19. The SMILES string of the molecule is BC(B)(O)n1cc(-c2ccc3cnc(NC(=C)C4CCN(CC(C)C)CC4)cc3c2)cn1. The van der Waals surface area contributed by atoms with Crippen LogP contribution in [-0.2, 0) is 5.52 Å². The van der Waals surface area contributed by atoms with Crippen molar-refractivity contribution in [3.8, 4) is 11.1 Å². The quantitative estimate of drug-likeness (QED) is 0.564. The zero-order valence-electron chi connectivity index (χ0n) is 19.7. The minimum Gasteiger partial charge on any atom is -0.386 e. The van der Waals surface area contributed by atoms with Crippen molar-refractivity contribution in [3.05, 3.63) is 55.1 Å². The highest BCUT2D eigenvalue weighted by atomic mass is 16.3. The van der Waals surface area contributed by atoms with Crippen LogP contribution in [0.3, 0.4) is 0 Å². The topological polar surface area (TPSA) is 66.2 Å². The Morgan fingerprint density at radius 1 is 1.19 bits per heavy atom. The first-order valence-corrected chi connectivity index (χ1v) is 11.5. The molecule has 1 saturated heterocycles. The number of benzene rings is 1. The number of hydrogen-bond donors (Lipinski definition) is 2. The number of nitrogens with zero attached hydrogens (tertiary/aromatic N) is 4. The molecular formula is C24H33B2N5O. The fraction of sp³-hybridized carbons (Fsp3) is 0.417. The van der Waals surface area contributed by atoms with Gasteiger partial charge in [-0.15, -0.1) is 0 Å². The van der Waals surface area contributed by atoms with Crippen LogP contribution in [0.2, 0.25) is 0 Å². The standard InChI is InChI=1S/C24H33B2N5O/c1-16(2)14-30-8-6-18(7-9-30)17(3)29-23-11-21-10-19(4-5-20(21)12-27-23)22-13-28-31(15-22)24(25,26)32/h4-5,10-13,15-16,18,32H,3,6-9,14,25-26H2,1-2H3,(H,27,29). The molecule has 1 aliphatic heterocycles. The van der Waals surface area contributed by atoms with E-state index in [-0.39, 0.29) is 0 Å². The molecule has 1 aromatic carbocycles. The molecule has 2 N–H and O–H groups in total. The summed E-state index contributed by atoms with van der Waals surface area (Å²) in [5.74, 6) is 2.02. The van der Waals surface area contributed by atoms with Gasteiger partial charge in [0.1, 0.15) is 5.82 Å². The van der Waals surface area contributed by atoms with E-state index in [4.69, 9.17) is 0 Å². The Bertz CT molecular complexity index is 1100. The van der Waals surface area contributed by atoms with Gasteiger partial charge in [-0.2, -0.15) is 5.10 Å². The van der Waals surface area contributed by atoms with E-state index in [0.717, 1.165) is 59.3 Å². The van der Waals surface area contributed by atoms with Gasteiger partial charge in [-0.1, -0.05) is 32.6 Å². The predicted molar refractivity (Wildman–Crippen MR) is 137 cm³/mol. The monoisotopic (exact) mass is 429 g/mol. The highest BCUT2D eigenvalue weighted by Crippen LogP contribution is 2.28. The summed E-state index contributed by atoms with van der Waals surface area (Å²) in [7, 11) is 3.43. The number of aromatic nitrogens is 3. The van der Waals surface area contributed by atoms with Gasteiger partial charge in [-0.25, -0.2) is 4.98 Å². The van der Waals surface area contributed by atoms with Crippen molar-refractivity contribution in [2.45, 2.75) is 32.2 Å². The smallest absolute Gasteiger partial charge is 0.159 e. The highest BCUT2D eigenvalue weighted by Gasteiger charge is 2.22. The summed E-state index contributed by atoms with van der Waals surface area (Å²) in [6.45, 7) is 12.3. The molecule has 1 aliphatic rings. The number of rotatable bonds is 7. The Labute approximate surface area is 192 Å². The second kappa shape index (κ2) is 9.12. The van der Waals surface area contributed by atoms with Crippen molar-refractivity contribution in [3.63, 3.8) is 0 Å². The van der Waals surface area contributed by atoms with Crippen molar-refractivity contribution in [2.75, 3.05) is 25.0 Å². The van der Waals surface area contributed by atoms with Gasteiger partial charge in [-0.05, 0) is 54.9 Å². The van der Waals surface area contributed by atoms with Crippen LogP contribution in [0.15, 0.2) is 55.1 Å². The number of pyridine rings is 1. The van der Waals surface area contributed by atoms with Crippen LogP contribution in [0.1, 0.15) is 26.7 Å². The molecule has 0 unspecified atom stereocenters. The summed E-state index contributed by atoms with van der Waals surface area (Å²) < 4.78 is 1.57. The number of likely N-dealkylation sites (tertiary alicyclic amines) is 1. The van der Waals surface area contributed by atoms with Crippen LogP contribution in [0, 0.1) is 11.8 Å². The first-order chi connectivity index (χ1) is 15.2. The lowest BCUT2D eigenvalue weighted by molar-refractivity contribution is 0.126. The van der Waals surface area contributed by atoms with Crippen molar-refractivity contribution in [1.29, 1.82) is 0 Å². The lowest BCUT2D eigenvalue weighted by Gasteiger charge is -2.33. The second-order valence-electron chi connectivity index (χ2n) is 9.92. The summed E-state index contributed by atoms with van der Waals surface area (Å²) in [6, 6.07) is 8.36. The highest BCUT2D eigenvalue weighted by molar-refractivity contribution is 6.36. The fourth-order valence-electron chi connectivity index (χ4n) is 4.41. The average Bonchev–Trinajstić information content (AvgIpc) is 3.24. The predicted octanol–water partition coefficient (Wildman–Crippen LogP) is 2.22. The van der Waals surface area contributed by atoms with E-state index in [1.54, 1.807) is 26.6 Å². The molecule has 4 rings (SSSR count). The fourth-order valence-corrected chi connectivity index (χ4v) is 4.41. The molecule has 32 heavy (non-hydrogen) atoms. The minimum atomic E-state index is -1.03. The van der Waals surface area contributed by atoms with Crippen LogP contribution >= 0.6 is 0 Å². The molecule has 3 heterocycles. The maximum Gasteiger partial charge on any atom is 0.159 e. The summed E-state index contributed by atoms with van der Waals surface area (Å²) in [6.07, 6.45) is 7.84. The zero-order chi connectivity index (χ0) is 22.9. The van der Waals surface area contributed by atoms with E-state index >= 15 is 0 Å². The molecule has 0 bridgehead atoms. The maximum atomic E-state index is 10.2. The molecule has 166 valence electrons. The average molecular weight is 429 g/mol.